The third-order valence-corrected chi connectivity index (χ3v) is 3.27. The molecular formula is C10H7BrINO. The third-order valence-electron chi connectivity index (χ3n) is 1.75. The third kappa shape index (κ3) is 2.79. The van der Waals surface area contributed by atoms with E-state index in [0.29, 0.717) is 17.3 Å². The lowest BCUT2D eigenvalue weighted by molar-refractivity contribution is -0.115. The molecule has 4 heteroatoms. The number of benzene rings is 1. The summed E-state index contributed by atoms with van der Waals surface area (Å²) in [4.78, 5) is 11.2. The number of nitrogens with zero attached hydrogens (tertiary/aromatic N) is 1. The highest BCUT2D eigenvalue weighted by Gasteiger charge is 2.08. The molecule has 0 fully saturated rings. The first kappa shape index (κ1) is 11.7. The minimum Gasteiger partial charge on any atom is -0.298 e. The van der Waals surface area contributed by atoms with E-state index in [9.17, 15) is 4.79 Å². The molecule has 0 spiro atoms. The van der Waals surface area contributed by atoms with Crippen molar-refractivity contribution in [1.29, 1.82) is 5.26 Å². The summed E-state index contributed by atoms with van der Waals surface area (Å²) in [5.74, 6) is 0.0866. The van der Waals surface area contributed by atoms with Crippen molar-refractivity contribution in [3.8, 4) is 6.07 Å². The van der Waals surface area contributed by atoms with Crippen LogP contribution in [0.3, 0.4) is 0 Å². The van der Waals surface area contributed by atoms with Gasteiger partial charge in [-0.1, -0.05) is 28.1 Å². The average molecular weight is 364 g/mol. The van der Waals surface area contributed by atoms with Crippen molar-refractivity contribution >= 4 is 44.3 Å². The molecule has 1 rings (SSSR count). The molecule has 0 radical (unpaired) electrons. The Morgan fingerprint density at radius 2 is 2.29 bits per heavy atom. The van der Waals surface area contributed by atoms with Crippen LogP contribution < -0.4 is 0 Å². The van der Waals surface area contributed by atoms with Crippen LogP contribution in [0.4, 0.5) is 0 Å². The second kappa shape index (κ2) is 5.47. The molecule has 0 atom stereocenters. The number of nitriles is 1. The standard InChI is InChI=1S/C10H7BrINO/c11-5-8(14)4-7-2-1-3-10(12)9(7)6-13/h1-3H,4-5H2. The Balaban J connectivity index is 3.04. The first-order valence-corrected chi connectivity index (χ1v) is 6.14. The van der Waals surface area contributed by atoms with Crippen LogP contribution in [0.5, 0.6) is 0 Å². The van der Waals surface area contributed by atoms with Crippen molar-refractivity contribution in [3.05, 3.63) is 32.9 Å². The molecule has 0 amide bonds. The number of carbonyl (C=O) groups excluding carboxylic acids is 1. The highest BCUT2D eigenvalue weighted by Crippen LogP contribution is 2.16. The quantitative estimate of drug-likeness (QED) is 0.612. The highest BCUT2D eigenvalue weighted by atomic mass is 127. The highest BCUT2D eigenvalue weighted by molar-refractivity contribution is 14.1. The van der Waals surface area contributed by atoms with Crippen LogP contribution in [-0.2, 0) is 11.2 Å². The summed E-state index contributed by atoms with van der Waals surface area (Å²) < 4.78 is 0.893. The van der Waals surface area contributed by atoms with Crippen LogP contribution in [0.25, 0.3) is 0 Å². The number of hydrogen-bond acceptors (Lipinski definition) is 2. The van der Waals surface area contributed by atoms with Crippen molar-refractivity contribution < 1.29 is 4.79 Å². The lowest BCUT2D eigenvalue weighted by Crippen LogP contribution is -2.05. The van der Waals surface area contributed by atoms with Gasteiger partial charge in [-0.05, 0) is 34.2 Å². The van der Waals surface area contributed by atoms with E-state index in [1.807, 2.05) is 18.2 Å². The molecule has 1 aromatic carbocycles. The van der Waals surface area contributed by atoms with E-state index in [2.05, 4.69) is 44.6 Å². The molecule has 14 heavy (non-hydrogen) atoms. The molecule has 0 saturated carbocycles. The van der Waals surface area contributed by atoms with Crippen molar-refractivity contribution in [2.24, 2.45) is 0 Å². The van der Waals surface area contributed by atoms with Crippen LogP contribution in [0.1, 0.15) is 11.1 Å². The molecule has 0 aliphatic rings. The molecule has 0 saturated heterocycles. The molecule has 1 aromatic rings. The molecule has 0 heterocycles. The lowest BCUT2D eigenvalue weighted by atomic mass is 10.0. The topological polar surface area (TPSA) is 40.9 Å². The Morgan fingerprint density at radius 3 is 2.86 bits per heavy atom. The van der Waals surface area contributed by atoms with Gasteiger partial charge >= 0.3 is 0 Å². The summed E-state index contributed by atoms with van der Waals surface area (Å²) in [6.45, 7) is 0. The van der Waals surface area contributed by atoms with Crippen LogP contribution in [-0.4, -0.2) is 11.1 Å². The molecule has 2 nitrogen and oxygen atoms in total. The number of carbonyl (C=O) groups is 1. The van der Waals surface area contributed by atoms with Gasteiger partial charge in [-0.2, -0.15) is 5.26 Å². The second-order valence-electron chi connectivity index (χ2n) is 2.73. The van der Waals surface area contributed by atoms with Crippen LogP contribution >= 0.6 is 38.5 Å². The van der Waals surface area contributed by atoms with E-state index in [1.54, 1.807) is 0 Å². The zero-order valence-corrected chi connectivity index (χ0v) is 11.0. The Kier molecular flexibility index (Phi) is 4.55. The van der Waals surface area contributed by atoms with Gasteiger partial charge in [0.05, 0.1) is 10.9 Å². The zero-order valence-electron chi connectivity index (χ0n) is 7.26. The fraction of sp³-hybridized carbons (Fsp3) is 0.200. The Hall–Kier alpha value is -0.410. The van der Waals surface area contributed by atoms with Crippen molar-refractivity contribution in [3.63, 3.8) is 0 Å². The maximum atomic E-state index is 11.2. The maximum absolute atomic E-state index is 11.2. The number of Topliss-reactive ketones (excluding diaryl/α,β-unsaturated/α-hetero) is 1. The van der Waals surface area contributed by atoms with Crippen LogP contribution in [0, 0.1) is 14.9 Å². The van der Waals surface area contributed by atoms with Gasteiger partial charge in [-0.25, -0.2) is 0 Å². The van der Waals surface area contributed by atoms with Gasteiger partial charge in [0.2, 0.25) is 0 Å². The first-order valence-electron chi connectivity index (χ1n) is 3.94. The minimum absolute atomic E-state index is 0.0866. The normalized spacial score (nSPS) is 9.50. The Morgan fingerprint density at radius 1 is 1.57 bits per heavy atom. The largest absolute Gasteiger partial charge is 0.298 e. The van der Waals surface area contributed by atoms with E-state index in [0.717, 1.165) is 9.13 Å². The maximum Gasteiger partial charge on any atom is 0.147 e. The number of rotatable bonds is 3. The summed E-state index contributed by atoms with van der Waals surface area (Å²) in [6, 6.07) is 7.66. The van der Waals surface area contributed by atoms with Gasteiger partial charge in [-0.15, -0.1) is 0 Å². The number of hydrogen-bond donors (Lipinski definition) is 0. The Bertz CT molecular complexity index is 398. The first-order chi connectivity index (χ1) is 6.69. The van der Waals surface area contributed by atoms with E-state index < -0.39 is 0 Å². The van der Waals surface area contributed by atoms with Gasteiger partial charge in [-0.3, -0.25) is 4.79 Å². The van der Waals surface area contributed by atoms with E-state index in [4.69, 9.17) is 5.26 Å². The van der Waals surface area contributed by atoms with Gasteiger partial charge in [0.15, 0.2) is 0 Å². The molecule has 0 bridgehead atoms. The molecular weight excluding hydrogens is 357 g/mol. The zero-order chi connectivity index (χ0) is 10.6. The molecule has 0 unspecified atom stereocenters. The molecule has 72 valence electrons. The average Bonchev–Trinajstić information content (AvgIpc) is 2.18. The molecule has 0 aromatic heterocycles. The summed E-state index contributed by atoms with van der Waals surface area (Å²) in [5, 5.41) is 9.24. The SMILES string of the molecule is N#Cc1c(I)cccc1CC(=O)CBr. The second-order valence-corrected chi connectivity index (χ2v) is 4.46. The summed E-state index contributed by atoms with van der Waals surface area (Å²) in [7, 11) is 0. The van der Waals surface area contributed by atoms with Gasteiger partial charge in [0.25, 0.3) is 0 Å². The smallest absolute Gasteiger partial charge is 0.147 e. The van der Waals surface area contributed by atoms with Crippen molar-refractivity contribution in [1.82, 2.24) is 0 Å². The summed E-state index contributed by atoms with van der Waals surface area (Å²) >= 11 is 5.20. The Labute approximate surface area is 105 Å². The number of ketones is 1. The van der Waals surface area contributed by atoms with E-state index >= 15 is 0 Å². The molecule has 0 N–H and O–H groups in total. The van der Waals surface area contributed by atoms with Gasteiger partial charge in [0, 0.05) is 9.99 Å². The van der Waals surface area contributed by atoms with E-state index in [1.165, 1.54) is 0 Å². The molecule has 0 aliphatic heterocycles. The predicted molar refractivity (Wildman–Crippen MR) is 66.4 cm³/mol. The minimum atomic E-state index is 0.0866. The van der Waals surface area contributed by atoms with Crippen LogP contribution in [0.2, 0.25) is 0 Å². The van der Waals surface area contributed by atoms with E-state index in [-0.39, 0.29) is 5.78 Å². The summed E-state index contributed by atoms with van der Waals surface area (Å²) in [6.07, 6.45) is 0.324. The molecule has 0 aliphatic carbocycles. The number of alkyl halides is 1. The van der Waals surface area contributed by atoms with Crippen molar-refractivity contribution in [2.45, 2.75) is 6.42 Å². The van der Waals surface area contributed by atoms with Crippen LogP contribution in [0.15, 0.2) is 18.2 Å². The van der Waals surface area contributed by atoms with Gasteiger partial charge in [0.1, 0.15) is 11.9 Å². The van der Waals surface area contributed by atoms with Gasteiger partial charge < -0.3 is 0 Å². The monoisotopic (exact) mass is 363 g/mol. The summed E-state index contributed by atoms with van der Waals surface area (Å²) in [5.41, 5.74) is 1.42. The van der Waals surface area contributed by atoms with Crippen molar-refractivity contribution in [2.75, 3.05) is 5.33 Å². The fourth-order valence-electron chi connectivity index (χ4n) is 1.10. The fourth-order valence-corrected chi connectivity index (χ4v) is 1.97. The lowest BCUT2D eigenvalue weighted by Gasteiger charge is -2.03. The number of halogens is 2. The predicted octanol–water partition coefficient (Wildman–Crippen LogP) is 2.67.